The highest BCUT2D eigenvalue weighted by Crippen LogP contribution is 3.02. The van der Waals surface area contributed by atoms with Crippen molar-refractivity contribution in [2.24, 2.45) is 0 Å². The highest BCUT2D eigenvalue weighted by atomic mass is 32.5. The van der Waals surface area contributed by atoms with Crippen molar-refractivity contribution in [3.8, 4) is 22.8 Å². The van der Waals surface area contributed by atoms with Crippen molar-refractivity contribution in [1.29, 1.82) is 0 Å². The van der Waals surface area contributed by atoms with Crippen LogP contribution < -0.4 is 4.74 Å². The molecule has 0 unspecified atom stereocenters. The first-order chi connectivity index (χ1) is 12.5. The summed E-state index contributed by atoms with van der Waals surface area (Å²) in [6.07, 6.45) is 5.89. The molecule has 142 valence electrons. The lowest BCUT2D eigenvalue weighted by Gasteiger charge is -2.40. The van der Waals surface area contributed by atoms with Gasteiger partial charge in [0.25, 0.3) is 0 Å². The van der Waals surface area contributed by atoms with E-state index in [9.17, 15) is 19.4 Å². The third-order valence-corrected chi connectivity index (χ3v) is 4.58. The van der Waals surface area contributed by atoms with Gasteiger partial charge < -0.3 is 4.74 Å². The maximum Gasteiger partial charge on any atom is 0.310 e. The Morgan fingerprint density at radius 3 is 2.07 bits per heavy atom. The van der Waals surface area contributed by atoms with E-state index in [1.54, 1.807) is 12.1 Å². The number of rotatable bonds is 5. The molecule has 4 nitrogen and oxygen atoms in total. The van der Waals surface area contributed by atoms with Crippen molar-refractivity contribution < 1.29 is 24.2 Å². The van der Waals surface area contributed by atoms with Crippen LogP contribution in [0.3, 0.4) is 0 Å². The minimum atomic E-state index is -9.73. The van der Waals surface area contributed by atoms with Gasteiger partial charge in [0.15, 0.2) is 5.82 Å². The van der Waals surface area contributed by atoms with E-state index in [0.29, 0.717) is 17.0 Å². The maximum absolute atomic E-state index is 12.8. The second-order valence-corrected chi connectivity index (χ2v) is 7.84. The Morgan fingerprint density at radius 1 is 0.889 bits per heavy atom. The van der Waals surface area contributed by atoms with Gasteiger partial charge in [0.05, 0.1) is 0 Å². The van der Waals surface area contributed by atoms with E-state index in [1.807, 2.05) is 0 Å². The molecular formula is C17H12F5N3OS. The van der Waals surface area contributed by atoms with Crippen LogP contribution in [0.1, 0.15) is 5.82 Å². The van der Waals surface area contributed by atoms with Crippen LogP contribution in [-0.2, 0) is 0 Å². The van der Waals surface area contributed by atoms with Gasteiger partial charge in [-0.15, -0.1) is 0 Å². The second-order valence-electron chi connectivity index (χ2n) is 5.43. The molecule has 0 N–H and O–H groups in total. The summed E-state index contributed by atoms with van der Waals surface area (Å²) in [5, 5.41) is 0. The van der Waals surface area contributed by atoms with Crippen LogP contribution in [0.15, 0.2) is 66.5 Å². The number of ether oxygens (including phenoxy) is 1. The Balaban J connectivity index is 1.92. The predicted molar refractivity (Wildman–Crippen MR) is 93.3 cm³/mol. The normalized spacial score (nSPS) is 14.1. The lowest BCUT2D eigenvalue weighted by molar-refractivity contribution is 0.363. The summed E-state index contributed by atoms with van der Waals surface area (Å²) in [5.74, 6) is 0.397. The van der Waals surface area contributed by atoms with Gasteiger partial charge in [-0.05, 0) is 42.5 Å². The molecule has 10 heteroatoms. The molecule has 2 aromatic heterocycles. The number of aromatic nitrogens is 3. The van der Waals surface area contributed by atoms with Crippen molar-refractivity contribution in [1.82, 2.24) is 15.0 Å². The molecule has 0 amide bonds. The van der Waals surface area contributed by atoms with Crippen molar-refractivity contribution in [2.45, 2.75) is 4.90 Å². The summed E-state index contributed by atoms with van der Waals surface area (Å²) < 4.78 is 69.4. The molecule has 0 saturated heterocycles. The molecule has 0 bridgehead atoms. The Hall–Kier alpha value is -3.01. The third kappa shape index (κ3) is 4.40. The zero-order valence-electron chi connectivity index (χ0n) is 13.5. The second kappa shape index (κ2) is 5.74. The predicted octanol–water partition coefficient (Wildman–Crippen LogP) is 6.63. The molecule has 0 aliphatic heterocycles. The van der Waals surface area contributed by atoms with Gasteiger partial charge in [0, 0.05) is 29.7 Å². The molecule has 0 atom stereocenters. The first kappa shape index (κ1) is 18.8. The smallest absolute Gasteiger partial charge is 0.310 e. The molecule has 1 aromatic carbocycles. The lowest BCUT2D eigenvalue weighted by Crippen LogP contribution is -2.05. The number of hydrogen-bond acceptors (Lipinski definition) is 4. The first-order valence-corrected chi connectivity index (χ1v) is 9.33. The highest BCUT2D eigenvalue weighted by molar-refractivity contribution is 8.45. The zero-order chi connectivity index (χ0) is 19.8. The summed E-state index contributed by atoms with van der Waals surface area (Å²) in [6.45, 7) is 3.55. The Kier molecular flexibility index (Phi) is 3.99. The topological polar surface area (TPSA) is 47.9 Å². The van der Waals surface area contributed by atoms with Gasteiger partial charge in [-0.2, -0.15) is 0 Å². The highest BCUT2D eigenvalue weighted by Gasteiger charge is 2.65. The Labute approximate surface area is 151 Å². The van der Waals surface area contributed by atoms with Gasteiger partial charge in [-0.25, -0.2) is 15.0 Å². The van der Waals surface area contributed by atoms with Crippen molar-refractivity contribution >= 4 is 16.3 Å². The fourth-order valence-corrected chi connectivity index (χ4v) is 2.80. The standard InChI is InChI=1S/C17H12F5N3OS/c1-2-16-24-10-12(11-25-16)15-4-3-9-23-17(15)26-13-5-7-14(8-6-13)27(18,19,20,21)22/h2-11H,1H2. The van der Waals surface area contributed by atoms with Gasteiger partial charge >= 0.3 is 10.2 Å². The quantitative estimate of drug-likeness (QED) is 0.450. The summed E-state index contributed by atoms with van der Waals surface area (Å²) in [7, 11) is -9.73. The maximum atomic E-state index is 12.8. The van der Waals surface area contributed by atoms with Crippen LogP contribution in [0, 0.1) is 0 Å². The van der Waals surface area contributed by atoms with E-state index in [2.05, 4.69) is 21.5 Å². The Bertz CT molecular complexity index is 991. The molecule has 2 heterocycles. The van der Waals surface area contributed by atoms with Gasteiger partial charge in [-0.1, -0.05) is 26.0 Å². The molecule has 0 saturated carbocycles. The number of hydrogen-bond donors (Lipinski definition) is 0. The molecule has 0 aliphatic rings. The average Bonchev–Trinajstić information content (AvgIpc) is 2.61. The molecular weight excluding hydrogens is 389 g/mol. The molecule has 0 spiro atoms. The van der Waals surface area contributed by atoms with Crippen LogP contribution in [0.25, 0.3) is 17.2 Å². The fourth-order valence-electron chi connectivity index (χ4n) is 2.15. The molecule has 3 rings (SSSR count). The van der Waals surface area contributed by atoms with Crippen LogP contribution in [0.2, 0.25) is 0 Å². The van der Waals surface area contributed by atoms with Crippen LogP contribution in [0.4, 0.5) is 19.4 Å². The van der Waals surface area contributed by atoms with Crippen LogP contribution >= 0.6 is 10.2 Å². The minimum absolute atomic E-state index is 0.0625. The summed E-state index contributed by atoms with van der Waals surface area (Å²) in [4.78, 5) is 10.2. The Morgan fingerprint density at radius 2 is 1.52 bits per heavy atom. The third-order valence-electron chi connectivity index (χ3n) is 3.42. The number of halogens is 5. The van der Waals surface area contributed by atoms with Crippen LogP contribution in [-0.4, -0.2) is 15.0 Å². The van der Waals surface area contributed by atoms with E-state index >= 15 is 0 Å². The minimum Gasteiger partial charge on any atom is -0.438 e. The van der Waals surface area contributed by atoms with Gasteiger partial charge in [0.1, 0.15) is 10.6 Å². The van der Waals surface area contributed by atoms with E-state index in [4.69, 9.17) is 4.74 Å². The van der Waals surface area contributed by atoms with E-state index in [0.717, 1.165) is 12.1 Å². The summed E-state index contributed by atoms with van der Waals surface area (Å²) in [5.41, 5.74) is 1.03. The van der Waals surface area contributed by atoms with Crippen LogP contribution in [0.5, 0.6) is 11.6 Å². The number of pyridine rings is 1. The summed E-state index contributed by atoms with van der Waals surface area (Å²) in [6, 6.07) is 5.45. The van der Waals surface area contributed by atoms with E-state index in [-0.39, 0.29) is 23.8 Å². The molecule has 0 aliphatic carbocycles. The average molecular weight is 401 g/mol. The van der Waals surface area contributed by atoms with E-state index in [1.165, 1.54) is 24.7 Å². The first-order valence-electron chi connectivity index (χ1n) is 7.38. The monoisotopic (exact) mass is 401 g/mol. The van der Waals surface area contributed by atoms with Crippen molar-refractivity contribution in [3.63, 3.8) is 0 Å². The largest absolute Gasteiger partial charge is 0.438 e. The molecule has 0 fully saturated rings. The van der Waals surface area contributed by atoms with Gasteiger partial charge in [0.2, 0.25) is 5.88 Å². The van der Waals surface area contributed by atoms with E-state index < -0.39 is 15.1 Å². The SMILES string of the molecule is C=Cc1ncc(-c2cccnc2Oc2ccc(S(F)(F)(F)(F)F)cc2)cn1. The fraction of sp³-hybridized carbons (Fsp3) is 0. The number of nitrogens with zero attached hydrogens (tertiary/aromatic N) is 3. The van der Waals surface area contributed by atoms with Gasteiger partial charge in [-0.3, -0.25) is 0 Å². The summed E-state index contributed by atoms with van der Waals surface area (Å²) >= 11 is 0. The lowest BCUT2D eigenvalue weighted by atomic mass is 10.1. The van der Waals surface area contributed by atoms with Crippen molar-refractivity contribution in [3.05, 3.63) is 67.4 Å². The molecule has 0 radical (unpaired) electrons. The van der Waals surface area contributed by atoms with Crippen molar-refractivity contribution in [2.75, 3.05) is 0 Å². The zero-order valence-corrected chi connectivity index (χ0v) is 14.3. The molecule has 3 aromatic rings. The molecule has 27 heavy (non-hydrogen) atoms. The number of benzene rings is 1.